The summed E-state index contributed by atoms with van der Waals surface area (Å²) in [4.78, 5) is 0. The summed E-state index contributed by atoms with van der Waals surface area (Å²) in [5, 5.41) is 20.4. The molecule has 0 atom stereocenters. The third kappa shape index (κ3) is 3.84. The molecule has 0 radical (unpaired) electrons. The summed E-state index contributed by atoms with van der Waals surface area (Å²) in [6.45, 7) is 12.9. The van der Waals surface area contributed by atoms with Gasteiger partial charge in [-0.2, -0.15) is 0 Å². The number of hydrogen-bond acceptors (Lipinski definition) is 2. The first-order valence-corrected chi connectivity index (χ1v) is 9.37. The van der Waals surface area contributed by atoms with Gasteiger partial charge in [0.1, 0.15) is 11.5 Å². The maximum atomic E-state index is 10.2. The summed E-state index contributed by atoms with van der Waals surface area (Å²) in [6, 6.07) is 12.0. The normalized spacial score (nSPS) is 12.2. The molecule has 0 aliphatic carbocycles. The minimum Gasteiger partial charge on any atom is -0.508 e. The van der Waals surface area contributed by atoms with E-state index in [-0.39, 0.29) is 17.3 Å². The molecule has 0 saturated heterocycles. The van der Waals surface area contributed by atoms with Gasteiger partial charge in [-0.3, -0.25) is 0 Å². The van der Waals surface area contributed by atoms with Crippen LogP contribution in [0.4, 0.5) is 0 Å². The minimum absolute atomic E-state index is 0.149. The van der Waals surface area contributed by atoms with Crippen molar-refractivity contribution in [1.82, 2.24) is 0 Å². The third-order valence-electron chi connectivity index (χ3n) is 5.32. The lowest BCUT2D eigenvalue weighted by Crippen LogP contribution is -2.24. The summed E-state index contributed by atoms with van der Waals surface area (Å²) in [6.07, 6.45) is 2.07. The topological polar surface area (TPSA) is 40.5 Å². The van der Waals surface area contributed by atoms with Crippen molar-refractivity contribution in [2.45, 2.75) is 71.6 Å². The predicted octanol–water partition coefficient (Wildman–Crippen LogP) is 6.45. The lowest BCUT2D eigenvalue weighted by molar-refractivity contribution is 0.458. The summed E-state index contributed by atoms with van der Waals surface area (Å²) in [5.74, 6) is 1.28. The summed E-state index contributed by atoms with van der Waals surface area (Å²) >= 11 is 0. The van der Waals surface area contributed by atoms with Crippen molar-refractivity contribution < 1.29 is 10.2 Å². The van der Waals surface area contributed by atoms with Gasteiger partial charge in [0.25, 0.3) is 0 Å². The highest BCUT2D eigenvalue weighted by molar-refractivity contribution is 5.48. The zero-order valence-corrected chi connectivity index (χ0v) is 16.4. The monoisotopic (exact) mass is 340 g/mol. The fraction of sp³-hybridized carbons (Fsp3) is 0.478. The van der Waals surface area contributed by atoms with Crippen molar-refractivity contribution in [1.29, 1.82) is 0 Å². The van der Waals surface area contributed by atoms with E-state index < -0.39 is 0 Å². The molecule has 0 unspecified atom stereocenters. The van der Waals surface area contributed by atoms with Gasteiger partial charge in [-0.1, -0.05) is 72.2 Å². The average molecular weight is 341 g/mol. The van der Waals surface area contributed by atoms with Crippen LogP contribution in [0.1, 0.15) is 88.5 Å². The Hall–Kier alpha value is -1.96. The first-order valence-electron chi connectivity index (χ1n) is 9.37. The molecule has 2 N–H and O–H groups in total. The second kappa shape index (κ2) is 7.51. The Morgan fingerprint density at radius 1 is 0.800 bits per heavy atom. The van der Waals surface area contributed by atoms with E-state index >= 15 is 0 Å². The largest absolute Gasteiger partial charge is 0.508 e. The van der Waals surface area contributed by atoms with Gasteiger partial charge in [0, 0.05) is 5.41 Å². The van der Waals surface area contributed by atoms with Gasteiger partial charge in [-0.05, 0) is 52.6 Å². The molecule has 2 heteroatoms. The van der Waals surface area contributed by atoms with Gasteiger partial charge in [0.2, 0.25) is 0 Å². The molecule has 25 heavy (non-hydrogen) atoms. The maximum Gasteiger partial charge on any atom is 0.119 e. The molecule has 0 bridgehead atoms. The zero-order valence-electron chi connectivity index (χ0n) is 16.4. The summed E-state index contributed by atoms with van der Waals surface area (Å²) in [7, 11) is 0. The van der Waals surface area contributed by atoms with Gasteiger partial charge in [-0.15, -0.1) is 0 Å². The van der Waals surface area contributed by atoms with Crippen LogP contribution in [0.2, 0.25) is 0 Å². The van der Waals surface area contributed by atoms with Crippen molar-refractivity contribution >= 4 is 0 Å². The maximum absolute atomic E-state index is 10.2. The standard InChI is InChI=1S/C23H32O2/c1-7-12-23(6,17-8-10-21(24)19(13-17)15(2)3)18-9-11-22(25)20(14-18)16(4)5/h8-11,13-16,24-25H,7,12H2,1-6H3. The molecule has 2 aromatic carbocycles. The Morgan fingerprint density at radius 3 is 1.52 bits per heavy atom. The lowest BCUT2D eigenvalue weighted by atomic mass is 9.71. The van der Waals surface area contributed by atoms with E-state index in [4.69, 9.17) is 0 Å². The van der Waals surface area contributed by atoms with E-state index in [1.54, 1.807) is 0 Å². The van der Waals surface area contributed by atoms with Crippen molar-refractivity contribution in [3.05, 3.63) is 58.7 Å². The first kappa shape index (κ1) is 19.4. The van der Waals surface area contributed by atoms with Crippen LogP contribution >= 0.6 is 0 Å². The quantitative estimate of drug-likeness (QED) is 0.634. The van der Waals surface area contributed by atoms with Gasteiger partial charge >= 0.3 is 0 Å². The number of rotatable bonds is 6. The number of phenols is 2. The number of aromatic hydroxyl groups is 2. The molecule has 0 spiro atoms. The Morgan fingerprint density at radius 2 is 1.20 bits per heavy atom. The predicted molar refractivity (Wildman–Crippen MR) is 106 cm³/mol. The molecule has 0 aliphatic rings. The van der Waals surface area contributed by atoms with E-state index in [9.17, 15) is 10.2 Å². The molecule has 0 heterocycles. The van der Waals surface area contributed by atoms with Crippen LogP contribution < -0.4 is 0 Å². The fourth-order valence-corrected chi connectivity index (χ4v) is 3.68. The molecule has 2 nitrogen and oxygen atoms in total. The highest BCUT2D eigenvalue weighted by Crippen LogP contribution is 2.41. The molecule has 136 valence electrons. The molecule has 0 saturated carbocycles. The highest BCUT2D eigenvalue weighted by Gasteiger charge is 2.30. The van der Waals surface area contributed by atoms with Gasteiger partial charge < -0.3 is 10.2 Å². The van der Waals surface area contributed by atoms with E-state index in [0.29, 0.717) is 11.5 Å². The Bertz CT molecular complexity index is 671. The van der Waals surface area contributed by atoms with Crippen LogP contribution in [0.3, 0.4) is 0 Å². The first-order chi connectivity index (χ1) is 11.7. The number of phenolic OH excluding ortho intramolecular Hbond substituents is 2. The molecule has 2 rings (SSSR count). The van der Waals surface area contributed by atoms with E-state index in [1.165, 1.54) is 11.1 Å². The molecule has 0 aliphatic heterocycles. The fourth-order valence-electron chi connectivity index (χ4n) is 3.68. The van der Waals surface area contributed by atoms with Crippen LogP contribution in [0.25, 0.3) is 0 Å². The van der Waals surface area contributed by atoms with E-state index in [1.807, 2.05) is 24.3 Å². The summed E-state index contributed by atoms with van der Waals surface area (Å²) in [5.41, 5.74) is 4.27. The van der Waals surface area contributed by atoms with Crippen molar-refractivity contribution in [2.75, 3.05) is 0 Å². The van der Waals surface area contributed by atoms with Crippen LogP contribution in [-0.2, 0) is 5.41 Å². The molecular weight excluding hydrogens is 308 g/mol. The highest BCUT2D eigenvalue weighted by atomic mass is 16.3. The SMILES string of the molecule is CCCC(C)(c1ccc(O)c(C(C)C)c1)c1ccc(O)c(C(C)C)c1. The van der Waals surface area contributed by atoms with Crippen molar-refractivity contribution in [2.24, 2.45) is 0 Å². The Labute approximate surface area is 152 Å². The molecule has 0 amide bonds. The molecular formula is C23H32O2. The second-order valence-electron chi connectivity index (χ2n) is 7.94. The molecule has 0 aromatic heterocycles. The lowest BCUT2D eigenvalue weighted by Gasteiger charge is -2.32. The smallest absolute Gasteiger partial charge is 0.119 e. The minimum atomic E-state index is -0.149. The third-order valence-corrected chi connectivity index (χ3v) is 5.32. The Kier molecular flexibility index (Phi) is 5.82. The zero-order chi connectivity index (χ0) is 18.8. The Balaban J connectivity index is 2.63. The molecule has 2 aromatic rings. The van der Waals surface area contributed by atoms with Crippen molar-refractivity contribution in [3.63, 3.8) is 0 Å². The van der Waals surface area contributed by atoms with Gasteiger partial charge in [0.05, 0.1) is 0 Å². The number of hydrogen-bond donors (Lipinski definition) is 2. The molecule has 0 fully saturated rings. The average Bonchev–Trinajstić information content (AvgIpc) is 2.55. The number of benzene rings is 2. The van der Waals surface area contributed by atoms with Crippen LogP contribution in [0, 0.1) is 0 Å². The van der Waals surface area contributed by atoms with Crippen LogP contribution in [0.15, 0.2) is 36.4 Å². The van der Waals surface area contributed by atoms with Gasteiger partial charge in [0.15, 0.2) is 0 Å². The van der Waals surface area contributed by atoms with Crippen LogP contribution in [-0.4, -0.2) is 10.2 Å². The van der Waals surface area contributed by atoms with Gasteiger partial charge in [-0.25, -0.2) is 0 Å². The van der Waals surface area contributed by atoms with E-state index in [2.05, 4.69) is 53.7 Å². The van der Waals surface area contributed by atoms with E-state index in [0.717, 1.165) is 24.0 Å². The van der Waals surface area contributed by atoms with Crippen molar-refractivity contribution in [3.8, 4) is 11.5 Å². The van der Waals surface area contributed by atoms with Crippen LogP contribution in [0.5, 0.6) is 11.5 Å². The second-order valence-corrected chi connectivity index (χ2v) is 7.94. The summed E-state index contributed by atoms with van der Waals surface area (Å²) < 4.78 is 0.